The molecule has 0 aliphatic carbocycles. The van der Waals surface area contributed by atoms with Crippen molar-refractivity contribution < 1.29 is 19.1 Å². The molecule has 6 nitrogen and oxygen atoms in total. The Hall–Kier alpha value is -1.89. The largest absolute Gasteiger partial charge is 0.448 e. The zero-order valence-electron chi connectivity index (χ0n) is 12.2. The minimum atomic E-state index is -0.434. The number of nitrogens with zero attached hydrogens (tertiary/aromatic N) is 2. The lowest BCUT2D eigenvalue weighted by Crippen LogP contribution is -2.46. The summed E-state index contributed by atoms with van der Waals surface area (Å²) < 4.78 is 4.83. The summed E-state index contributed by atoms with van der Waals surface area (Å²) in [5.74, 6) is -0.127. The molecule has 1 aromatic rings. The first-order chi connectivity index (χ1) is 10.6. The van der Waals surface area contributed by atoms with Crippen LogP contribution in [0, 0.1) is 5.92 Å². The molecule has 0 saturated carbocycles. The van der Waals surface area contributed by atoms with Crippen LogP contribution in [0.1, 0.15) is 22.5 Å². The van der Waals surface area contributed by atoms with Gasteiger partial charge in [0, 0.05) is 19.0 Å². The predicted octanol–water partition coefficient (Wildman–Crippen LogP) is 1.62. The Balaban J connectivity index is 1.59. The maximum atomic E-state index is 12.4. The number of hydrogen-bond acceptors (Lipinski definition) is 5. The molecule has 0 aromatic carbocycles. The highest BCUT2D eigenvalue weighted by molar-refractivity contribution is 7.12. The number of cyclic esters (lactones) is 1. The van der Waals surface area contributed by atoms with E-state index in [0.717, 1.165) is 17.7 Å². The van der Waals surface area contributed by atoms with Gasteiger partial charge in [0.15, 0.2) is 5.78 Å². The summed E-state index contributed by atoms with van der Waals surface area (Å²) in [7, 11) is 0. The van der Waals surface area contributed by atoms with Crippen molar-refractivity contribution in [2.75, 3.05) is 32.8 Å². The summed E-state index contributed by atoms with van der Waals surface area (Å²) in [6.45, 7) is 1.93. The minimum absolute atomic E-state index is 0.0404. The van der Waals surface area contributed by atoms with Crippen LogP contribution in [0.15, 0.2) is 17.5 Å². The van der Waals surface area contributed by atoms with Crippen molar-refractivity contribution in [2.45, 2.75) is 12.8 Å². The summed E-state index contributed by atoms with van der Waals surface area (Å²) in [4.78, 5) is 40.0. The average molecular weight is 322 g/mol. The van der Waals surface area contributed by atoms with Crippen LogP contribution in [0.4, 0.5) is 4.79 Å². The third-order valence-corrected chi connectivity index (χ3v) is 4.96. The quantitative estimate of drug-likeness (QED) is 0.790. The fourth-order valence-corrected chi connectivity index (χ4v) is 3.61. The number of rotatable bonds is 4. The van der Waals surface area contributed by atoms with E-state index in [1.165, 1.54) is 16.2 Å². The topological polar surface area (TPSA) is 66.9 Å². The molecule has 2 aliphatic rings. The van der Waals surface area contributed by atoms with E-state index < -0.39 is 6.09 Å². The molecule has 3 heterocycles. The van der Waals surface area contributed by atoms with Gasteiger partial charge in [-0.05, 0) is 24.3 Å². The monoisotopic (exact) mass is 322 g/mol. The van der Waals surface area contributed by atoms with Crippen molar-refractivity contribution in [1.82, 2.24) is 9.80 Å². The number of likely N-dealkylation sites (tertiary alicyclic amines) is 1. The third kappa shape index (κ3) is 3.14. The highest BCUT2D eigenvalue weighted by Gasteiger charge is 2.32. The van der Waals surface area contributed by atoms with Crippen LogP contribution in [0.25, 0.3) is 0 Å². The number of amides is 2. The molecule has 2 amide bonds. The van der Waals surface area contributed by atoms with Crippen molar-refractivity contribution in [2.24, 2.45) is 5.92 Å². The van der Waals surface area contributed by atoms with Gasteiger partial charge < -0.3 is 9.64 Å². The second-order valence-electron chi connectivity index (χ2n) is 5.56. The number of Topliss-reactive ketones (excluding diaryl/α,β-unsaturated/α-hetero) is 1. The summed E-state index contributed by atoms with van der Waals surface area (Å²) in [5.41, 5.74) is 0. The number of piperidine rings is 1. The van der Waals surface area contributed by atoms with Gasteiger partial charge >= 0.3 is 6.09 Å². The fourth-order valence-electron chi connectivity index (χ4n) is 2.87. The number of hydrogen-bond donors (Lipinski definition) is 0. The smallest absolute Gasteiger partial charge is 0.410 e. The van der Waals surface area contributed by atoms with Gasteiger partial charge in [-0.2, -0.15) is 0 Å². The second kappa shape index (κ2) is 6.48. The Bertz CT molecular complexity index is 572. The zero-order valence-corrected chi connectivity index (χ0v) is 13.0. The Labute approximate surface area is 132 Å². The van der Waals surface area contributed by atoms with Gasteiger partial charge in [-0.3, -0.25) is 14.5 Å². The molecule has 1 aromatic heterocycles. The lowest BCUT2D eigenvalue weighted by atomic mass is 9.93. The molecule has 0 spiro atoms. The van der Waals surface area contributed by atoms with E-state index in [1.54, 1.807) is 4.90 Å². The van der Waals surface area contributed by atoms with Crippen LogP contribution in [0.3, 0.4) is 0 Å². The van der Waals surface area contributed by atoms with Crippen LogP contribution in [-0.4, -0.2) is 60.4 Å². The molecule has 2 saturated heterocycles. The number of ether oxygens (including phenoxy) is 1. The first-order valence-electron chi connectivity index (χ1n) is 7.42. The van der Waals surface area contributed by atoms with Crippen molar-refractivity contribution in [3.63, 3.8) is 0 Å². The van der Waals surface area contributed by atoms with Gasteiger partial charge in [-0.25, -0.2) is 4.79 Å². The van der Waals surface area contributed by atoms with Gasteiger partial charge in [0.1, 0.15) is 13.2 Å². The number of carbonyl (C=O) groups excluding carboxylic acids is 3. The highest BCUT2D eigenvalue weighted by atomic mass is 32.1. The van der Waals surface area contributed by atoms with Gasteiger partial charge in [0.05, 0.1) is 11.4 Å². The van der Waals surface area contributed by atoms with Crippen LogP contribution in [-0.2, 0) is 9.53 Å². The standard InChI is InChI=1S/C15H18N2O4S/c18-13(10-17-6-7-21-15(17)20)16-5-1-3-11(9-16)14(19)12-4-2-8-22-12/h2,4,8,11H,1,3,5-7,9-10H2/t11-/m1/s1. The van der Waals surface area contributed by atoms with Crippen molar-refractivity contribution in [3.05, 3.63) is 22.4 Å². The first kappa shape index (κ1) is 15.0. The number of thiophene rings is 1. The minimum Gasteiger partial charge on any atom is -0.448 e. The molecular formula is C15H18N2O4S. The molecule has 0 bridgehead atoms. The average Bonchev–Trinajstić information content (AvgIpc) is 3.19. The highest BCUT2D eigenvalue weighted by Crippen LogP contribution is 2.23. The summed E-state index contributed by atoms with van der Waals surface area (Å²) in [5, 5.41) is 1.89. The van der Waals surface area contributed by atoms with E-state index in [-0.39, 0.29) is 24.2 Å². The lowest BCUT2D eigenvalue weighted by Gasteiger charge is -2.32. The summed E-state index contributed by atoms with van der Waals surface area (Å²) in [6, 6.07) is 3.69. The third-order valence-electron chi connectivity index (χ3n) is 4.08. The Morgan fingerprint density at radius 3 is 2.91 bits per heavy atom. The van der Waals surface area contributed by atoms with E-state index in [1.807, 2.05) is 17.5 Å². The molecular weight excluding hydrogens is 304 g/mol. The van der Waals surface area contributed by atoms with E-state index in [4.69, 9.17) is 4.74 Å². The molecule has 2 aliphatic heterocycles. The van der Waals surface area contributed by atoms with E-state index >= 15 is 0 Å². The maximum absolute atomic E-state index is 12.4. The summed E-state index contributed by atoms with van der Waals surface area (Å²) in [6.07, 6.45) is 1.20. The van der Waals surface area contributed by atoms with E-state index in [2.05, 4.69) is 0 Å². The molecule has 22 heavy (non-hydrogen) atoms. The van der Waals surface area contributed by atoms with Gasteiger partial charge in [-0.15, -0.1) is 11.3 Å². The van der Waals surface area contributed by atoms with Crippen molar-refractivity contribution in [3.8, 4) is 0 Å². The molecule has 0 unspecified atom stereocenters. The Kier molecular flexibility index (Phi) is 4.42. The maximum Gasteiger partial charge on any atom is 0.410 e. The fraction of sp³-hybridized carbons (Fsp3) is 0.533. The molecule has 2 fully saturated rings. The Morgan fingerprint density at radius 1 is 1.36 bits per heavy atom. The number of ketones is 1. The van der Waals surface area contributed by atoms with Crippen LogP contribution in [0.2, 0.25) is 0 Å². The summed E-state index contributed by atoms with van der Waals surface area (Å²) >= 11 is 1.44. The van der Waals surface area contributed by atoms with Gasteiger partial charge in [0.2, 0.25) is 5.91 Å². The van der Waals surface area contributed by atoms with Crippen LogP contribution >= 0.6 is 11.3 Å². The van der Waals surface area contributed by atoms with Gasteiger partial charge in [-0.1, -0.05) is 6.07 Å². The molecule has 3 rings (SSSR count). The molecule has 7 heteroatoms. The lowest BCUT2D eigenvalue weighted by molar-refractivity contribution is -0.133. The van der Waals surface area contributed by atoms with E-state index in [0.29, 0.717) is 26.2 Å². The second-order valence-corrected chi connectivity index (χ2v) is 6.50. The van der Waals surface area contributed by atoms with Gasteiger partial charge in [0.25, 0.3) is 0 Å². The molecule has 1 atom stereocenters. The molecule has 0 N–H and O–H groups in total. The number of carbonyl (C=O) groups is 3. The Morgan fingerprint density at radius 2 is 2.23 bits per heavy atom. The normalized spacial score (nSPS) is 21.8. The van der Waals surface area contributed by atoms with Crippen LogP contribution in [0.5, 0.6) is 0 Å². The molecule has 118 valence electrons. The van der Waals surface area contributed by atoms with Crippen molar-refractivity contribution in [1.29, 1.82) is 0 Å². The zero-order chi connectivity index (χ0) is 15.5. The predicted molar refractivity (Wildman–Crippen MR) is 80.9 cm³/mol. The van der Waals surface area contributed by atoms with Crippen molar-refractivity contribution >= 4 is 29.1 Å². The SMILES string of the molecule is O=C(c1cccs1)[C@@H]1CCCN(C(=O)CN2CCOC2=O)C1. The first-order valence-corrected chi connectivity index (χ1v) is 8.30. The van der Waals surface area contributed by atoms with Crippen LogP contribution < -0.4 is 0 Å². The van der Waals surface area contributed by atoms with E-state index in [9.17, 15) is 14.4 Å². The molecule has 0 radical (unpaired) electrons.